The number of hydrogen-bond acceptors (Lipinski definition) is 4. The maximum absolute atomic E-state index is 5.64. The van der Waals surface area contributed by atoms with Gasteiger partial charge in [-0.15, -0.1) is 0 Å². The minimum atomic E-state index is 0.682. The fourth-order valence-corrected chi connectivity index (χ4v) is 1.70. The third-order valence-electron chi connectivity index (χ3n) is 2.51. The summed E-state index contributed by atoms with van der Waals surface area (Å²) in [7, 11) is 0. The van der Waals surface area contributed by atoms with Crippen molar-refractivity contribution in [1.82, 2.24) is 10.3 Å². The number of hydrogen-bond donors (Lipinski definition) is 2. The molecule has 0 spiro atoms. The molecule has 0 aliphatic carbocycles. The first-order valence-corrected chi connectivity index (χ1v) is 4.88. The molecule has 76 valence electrons. The molecule has 4 nitrogen and oxygen atoms in total. The van der Waals surface area contributed by atoms with Crippen molar-refractivity contribution in [1.29, 1.82) is 0 Å². The van der Waals surface area contributed by atoms with Crippen molar-refractivity contribution in [3.05, 3.63) is 35.7 Å². The van der Waals surface area contributed by atoms with E-state index in [-0.39, 0.29) is 0 Å². The van der Waals surface area contributed by atoms with E-state index in [1.807, 2.05) is 24.3 Å². The Hall–Kier alpha value is -1.81. The number of nitrogens with two attached hydrogens (primary N) is 1. The Balaban J connectivity index is 2.02. The highest BCUT2D eigenvalue weighted by Crippen LogP contribution is 2.25. The molecule has 2 heterocycles. The monoisotopic (exact) mass is 201 g/mol. The number of aromatic nitrogens is 1. The van der Waals surface area contributed by atoms with Crippen LogP contribution in [0.4, 0.5) is 5.69 Å². The Bertz CT molecular complexity index is 466. The van der Waals surface area contributed by atoms with Crippen molar-refractivity contribution < 1.29 is 4.42 Å². The van der Waals surface area contributed by atoms with Crippen LogP contribution in [-0.2, 0) is 13.1 Å². The van der Waals surface area contributed by atoms with Crippen molar-refractivity contribution in [2.24, 2.45) is 0 Å². The largest absolute Gasteiger partial charge is 0.439 e. The van der Waals surface area contributed by atoms with Gasteiger partial charge in [-0.25, -0.2) is 4.98 Å². The molecule has 1 aromatic heterocycles. The first-order chi connectivity index (χ1) is 7.33. The standard InChI is InChI=1S/C11H11N3O/c12-8-3-1-7(2-4-8)11-14-9-5-13-6-10(9)15-11/h1-4,13H,5-6,12H2. The minimum Gasteiger partial charge on any atom is -0.439 e. The van der Waals surface area contributed by atoms with Crippen molar-refractivity contribution in [2.75, 3.05) is 5.73 Å². The van der Waals surface area contributed by atoms with Gasteiger partial charge in [-0.05, 0) is 24.3 Å². The molecule has 0 amide bonds. The lowest BCUT2D eigenvalue weighted by Gasteiger charge is -1.96. The molecule has 0 radical (unpaired) electrons. The Labute approximate surface area is 87.1 Å². The number of oxazole rings is 1. The summed E-state index contributed by atoms with van der Waals surface area (Å²) in [4.78, 5) is 4.42. The average Bonchev–Trinajstić information content (AvgIpc) is 2.78. The van der Waals surface area contributed by atoms with E-state index in [1.165, 1.54) is 0 Å². The Morgan fingerprint density at radius 1 is 1.20 bits per heavy atom. The molecule has 4 heteroatoms. The molecule has 1 aromatic carbocycles. The quantitative estimate of drug-likeness (QED) is 0.687. The normalized spacial score (nSPS) is 14.1. The summed E-state index contributed by atoms with van der Waals surface area (Å²) in [6, 6.07) is 7.54. The molecule has 0 saturated carbocycles. The number of rotatable bonds is 1. The summed E-state index contributed by atoms with van der Waals surface area (Å²) >= 11 is 0. The average molecular weight is 201 g/mol. The Morgan fingerprint density at radius 3 is 2.73 bits per heavy atom. The van der Waals surface area contributed by atoms with Gasteiger partial charge in [0.1, 0.15) is 5.76 Å². The molecule has 0 fully saturated rings. The third kappa shape index (κ3) is 1.39. The van der Waals surface area contributed by atoms with Crippen LogP contribution in [-0.4, -0.2) is 4.98 Å². The fourth-order valence-electron chi connectivity index (χ4n) is 1.70. The van der Waals surface area contributed by atoms with E-state index >= 15 is 0 Å². The summed E-state index contributed by atoms with van der Waals surface area (Å²) in [5.74, 6) is 1.63. The van der Waals surface area contributed by atoms with E-state index in [4.69, 9.17) is 10.2 Å². The van der Waals surface area contributed by atoms with Gasteiger partial charge in [0.05, 0.1) is 12.2 Å². The van der Waals surface area contributed by atoms with Gasteiger partial charge in [-0.1, -0.05) is 0 Å². The highest BCUT2D eigenvalue weighted by Gasteiger charge is 2.18. The van der Waals surface area contributed by atoms with Gasteiger partial charge in [0.25, 0.3) is 0 Å². The number of benzene rings is 1. The van der Waals surface area contributed by atoms with Crippen LogP contribution < -0.4 is 11.1 Å². The number of nitrogens with one attached hydrogen (secondary N) is 1. The maximum Gasteiger partial charge on any atom is 0.226 e. The highest BCUT2D eigenvalue weighted by molar-refractivity contribution is 5.57. The molecule has 0 bridgehead atoms. The molecule has 3 rings (SSSR count). The number of fused-ring (bicyclic) bond motifs is 1. The van der Waals surface area contributed by atoms with Crippen molar-refractivity contribution >= 4 is 5.69 Å². The maximum atomic E-state index is 5.64. The van der Waals surface area contributed by atoms with Gasteiger partial charge in [0, 0.05) is 17.8 Å². The fraction of sp³-hybridized carbons (Fsp3) is 0.182. The van der Waals surface area contributed by atoms with Crippen LogP contribution in [0.15, 0.2) is 28.7 Å². The third-order valence-corrected chi connectivity index (χ3v) is 2.51. The lowest BCUT2D eigenvalue weighted by molar-refractivity contribution is 0.511. The van der Waals surface area contributed by atoms with Crippen LogP contribution in [0.1, 0.15) is 11.5 Å². The van der Waals surface area contributed by atoms with Crippen LogP contribution in [0.3, 0.4) is 0 Å². The van der Waals surface area contributed by atoms with E-state index < -0.39 is 0 Å². The molecule has 0 unspecified atom stereocenters. The van der Waals surface area contributed by atoms with E-state index in [9.17, 15) is 0 Å². The first-order valence-electron chi connectivity index (χ1n) is 4.88. The summed E-state index contributed by atoms with van der Waals surface area (Å²) in [6.45, 7) is 1.57. The van der Waals surface area contributed by atoms with Crippen molar-refractivity contribution in [3.8, 4) is 11.5 Å². The lowest BCUT2D eigenvalue weighted by Crippen LogP contribution is -2.01. The SMILES string of the molecule is Nc1ccc(-c2nc3c(o2)CNC3)cc1. The summed E-state index contributed by atoms with van der Waals surface area (Å²) < 4.78 is 5.64. The predicted octanol–water partition coefficient (Wildman–Crippen LogP) is 1.53. The second kappa shape index (κ2) is 3.10. The smallest absolute Gasteiger partial charge is 0.226 e. The zero-order valence-corrected chi connectivity index (χ0v) is 8.16. The minimum absolute atomic E-state index is 0.682. The van der Waals surface area contributed by atoms with Crippen LogP contribution in [0.5, 0.6) is 0 Å². The molecule has 0 atom stereocenters. The Morgan fingerprint density at radius 2 is 2.00 bits per heavy atom. The predicted molar refractivity (Wildman–Crippen MR) is 56.9 cm³/mol. The molecule has 15 heavy (non-hydrogen) atoms. The van der Waals surface area contributed by atoms with Gasteiger partial charge in [-0.2, -0.15) is 0 Å². The second-order valence-corrected chi connectivity index (χ2v) is 3.61. The van der Waals surface area contributed by atoms with Crippen LogP contribution in [0, 0.1) is 0 Å². The summed E-state index contributed by atoms with van der Waals surface area (Å²) in [5.41, 5.74) is 8.35. The van der Waals surface area contributed by atoms with Crippen LogP contribution in [0.2, 0.25) is 0 Å². The van der Waals surface area contributed by atoms with Crippen LogP contribution in [0.25, 0.3) is 11.5 Å². The van der Waals surface area contributed by atoms with Crippen molar-refractivity contribution in [2.45, 2.75) is 13.1 Å². The number of anilines is 1. The molecular weight excluding hydrogens is 190 g/mol. The molecule has 1 aliphatic heterocycles. The second-order valence-electron chi connectivity index (χ2n) is 3.61. The van der Waals surface area contributed by atoms with Gasteiger partial charge in [0.2, 0.25) is 5.89 Å². The lowest BCUT2D eigenvalue weighted by atomic mass is 10.2. The summed E-state index contributed by atoms with van der Waals surface area (Å²) in [6.07, 6.45) is 0. The zero-order chi connectivity index (χ0) is 10.3. The van der Waals surface area contributed by atoms with E-state index in [0.717, 1.165) is 35.8 Å². The summed E-state index contributed by atoms with van der Waals surface area (Å²) in [5, 5.41) is 3.18. The first kappa shape index (κ1) is 8.49. The number of nitrogens with zero attached hydrogens (tertiary/aromatic N) is 1. The molecule has 1 aliphatic rings. The molecule has 0 saturated heterocycles. The van der Waals surface area contributed by atoms with Gasteiger partial charge >= 0.3 is 0 Å². The topological polar surface area (TPSA) is 64.1 Å². The van der Waals surface area contributed by atoms with Crippen LogP contribution >= 0.6 is 0 Å². The van der Waals surface area contributed by atoms with E-state index in [0.29, 0.717) is 5.89 Å². The van der Waals surface area contributed by atoms with Gasteiger partial charge < -0.3 is 15.5 Å². The zero-order valence-electron chi connectivity index (χ0n) is 8.16. The van der Waals surface area contributed by atoms with E-state index in [2.05, 4.69) is 10.3 Å². The molecule has 3 N–H and O–H groups in total. The van der Waals surface area contributed by atoms with Crippen molar-refractivity contribution in [3.63, 3.8) is 0 Å². The Kier molecular flexibility index (Phi) is 1.76. The highest BCUT2D eigenvalue weighted by atomic mass is 16.4. The molecule has 2 aromatic rings. The van der Waals surface area contributed by atoms with E-state index in [1.54, 1.807) is 0 Å². The molecular formula is C11H11N3O. The number of nitrogen functional groups attached to an aromatic ring is 1. The van der Waals surface area contributed by atoms with Gasteiger partial charge in [-0.3, -0.25) is 0 Å². The van der Waals surface area contributed by atoms with Gasteiger partial charge in [0.15, 0.2) is 0 Å².